The molecular weight excluding hydrogens is 260 g/mol. The van der Waals surface area contributed by atoms with Crippen molar-refractivity contribution in [2.45, 2.75) is 31.8 Å². The predicted molar refractivity (Wildman–Crippen MR) is 79.5 cm³/mol. The van der Waals surface area contributed by atoms with E-state index in [1.165, 1.54) is 12.2 Å². The minimum Gasteiger partial charge on any atom is -0.493 e. The van der Waals surface area contributed by atoms with Crippen molar-refractivity contribution < 1.29 is 14.6 Å². The molecule has 3 nitrogen and oxygen atoms in total. The van der Waals surface area contributed by atoms with E-state index < -0.39 is 0 Å². The van der Waals surface area contributed by atoms with E-state index in [-0.39, 0.29) is 18.6 Å². The average Bonchev–Trinajstić information content (AvgIpc) is 2.47. The Kier molecular flexibility index (Phi) is 5.40. The Bertz CT molecular complexity index is 402. The molecule has 1 aliphatic rings. The first-order valence-electron chi connectivity index (χ1n) is 6.78. The topological polar surface area (TPSA) is 38.7 Å². The van der Waals surface area contributed by atoms with Crippen molar-refractivity contribution in [2.75, 3.05) is 25.2 Å². The number of para-hydroxylation sites is 1. The fourth-order valence-electron chi connectivity index (χ4n) is 2.31. The molecular formula is C15H22O3S. The van der Waals surface area contributed by atoms with E-state index in [1.807, 2.05) is 36.9 Å². The molecule has 0 bridgehead atoms. The maximum Gasteiger partial charge on any atom is 0.164 e. The third kappa shape index (κ3) is 3.57. The van der Waals surface area contributed by atoms with E-state index in [4.69, 9.17) is 9.47 Å². The number of rotatable bonds is 5. The first-order chi connectivity index (χ1) is 9.26. The molecule has 2 unspecified atom stereocenters. The SMILES string of the molecule is COc1c(OC2CCCSC2)cccc1C(C)CO. The van der Waals surface area contributed by atoms with Crippen LogP contribution in [0.25, 0.3) is 0 Å². The fourth-order valence-corrected chi connectivity index (χ4v) is 3.35. The lowest BCUT2D eigenvalue weighted by Crippen LogP contribution is -2.23. The summed E-state index contributed by atoms with van der Waals surface area (Å²) in [5, 5.41) is 9.32. The van der Waals surface area contributed by atoms with E-state index >= 15 is 0 Å². The van der Waals surface area contributed by atoms with Crippen LogP contribution in [-0.2, 0) is 0 Å². The van der Waals surface area contributed by atoms with Crippen LogP contribution in [0.2, 0.25) is 0 Å². The third-order valence-corrected chi connectivity index (χ3v) is 4.62. The van der Waals surface area contributed by atoms with E-state index in [0.29, 0.717) is 0 Å². The van der Waals surface area contributed by atoms with Crippen LogP contribution in [0.3, 0.4) is 0 Å². The summed E-state index contributed by atoms with van der Waals surface area (Å²) < 4.78 is 11.6. The summed E-state index contributed by atoms with van der Waals surface area (Å²) in [5.74, 6) is 3.90. The smallest absolute Gasteiger partial charge is 0.164 e. The number of aliphatic hydroxyl groups excluding tert-OH is 1. The summed E-state index contributed by atoms with van der Waals surface area (Å²) in [7, 11) is 1.66. The van der Waals surface area contributed by atoms with E-state index in [9.17, 15) is 5.11 Å². The number of ether oxygens (including phenoxy) is 2. The van der Waals surface area contributed by atoms with E-state index in [0.717, 1.165) is 29.2 Å². The molecule has 1 aromatic carbocycles. The first kappa shape index (κ1) is 14.5. The van der Waals surface area contributed by atoms with Gasteiger partial charge in [-0.3, -0.25) is 0 Å². The second-order valence-electron chi connectivity index (χ2n) is 4.92. The molecule has 2 atom stereocenters. The highest BCUT2D eigenvalue weighted by Crippen LogP contribution is 2.37. The summed E-state index contributed by atoms with van der Waals surface area (Å²) in [6.07, 6.45) is 2.59. The van der Waals surface area contributed by atoms with Crippen molar-refractivity contribution in [2.24, 2.45) is 0 Å². The van der Waals surface area contributed by atoms with Crippen LogP contribution < -0.4 is 9.47 Å². The summed E-state index contributed by atoms with van der Waals surface area (Å²) >= 11 is 1.94. The van der Waals surface area contributed by atoms with Crippen molar-refractivity contribution >= 4 is 11.8 Å². The normalized spacial score (nSPS) is 20.9. The van der Waals surface area contributed by atoms with Crippen molar-refractivity contribution in [3.8, 4) is 11.5 Å². The maximum absolute atomic E-state index is 9.32. The molecule has 4 heteroatoms. The van der Waals surface area contributed by atoms with Gasteiger partial charge in [-0.15, -0.1) is 0 Å². The number of benzene rings is 1. The second-order valence-corrected chi connectivity index (χ2v) is 6.07. The van der Waals surface area contributed by atoms with Gasteiger partial charge in [-0.25, -0.2) is 0 Å². The van der Waals surface area contributed by atoms with Crippen molar-refractivity contribution in [1.29, 1.82) is 0 Å². The highest BCUT2D eigenvalue weighted by atomic mass is 32.2. The van der Waals surface area contributed by atoms with E-state index in [1.54, 1.807) is 7.11 Å². The van der Waals surface area contributed by atoms with Gasteiger partial charge in [0.1, 0.15) is 6.10 Å². The van der Waals surface area contributed by atoms with Crippen LogP contribution in [0.15, 0.2) is 18.2 Å². The van der Waals surface area contributed by atoms with Crippen LogP contribution in [0.1, 0.15) is 31.2 Å². The molecule has 1 heterocycles. The van der Waals surface area contributed by atoms with Crippen LogP contribution in [0.4, 0.5) is 0 Å². The van der Waals surface area contributed by atoms with Crippen LogP contribution in [0, 0.1) is 0 Å². The quantitative estimate of drug-likeness (QED) is 0.901. The molecule has 1 N–H and O–H groups in total. The Morgan fingerprint density at radius 1 is 1.47 bits per heavy atom. The molecule has 1 aromatic rings. The Hall–Kier alpha value is -0.870. The van der Waals surface area contributed by atoms with Crippen LogP contribution in [0.5, 0.6) is 11.5 Å². The Morgan fingerprint density at radius 3 is 2.95 bits per heavy atom. The number of hydrogen-bond donors (Lipinski definition) is 1. The molecule has 0 saturated carbocycles. The molecule has 19 heavy (non-hydrogen) atoms. The monoisotopic (exact) mass is 282 g/mol. The Balaban J connectivity index is 2.19. The van der Waals surface area contributed by atoms with Gasteiger partial charge in [-0.05, 0) is 24.7 Å². The summed E-state index contributed by atoms with van der Waals surface area (Å²) in [6, 6.07) is 5.91. The van der Waals surface area contributed by atoms with Gasteiger partial charge in [0.2, 0.25) is 0 Å². The lowest BCUT2D eigenvalue weighted by atomic mass is 10.0. The van der Waals surface area contributed by atoms with Gasteiger partial charge >= 0.3 is 0 Å². The van der Waals surface area contributed by atoms with Crippen molar-refractivity contribution in [1.82, 2.24) is 0 Å². The second kappa shape index (κ2) is 7.06. The lowest BCUT2D eigenvalue weighted by Gasteiger charge is -2.25. The molecule has 1 fully saturated rings. The van der Waals surface area contributed by atoms with Crippen molar-refractivity contribution in [3.63, 3.8) is 0 Å². The van der Waals surface area contributed by atoms with Gasteiger partial charge in [0, 0.05) is 23.8 Å². The molecule has 0 aliphatic carbocycles. The molecule has 0 aromatic heterocycles. The zero-order valence-corrected chi connectivity index (χ0v) is 12.4. The molecule has 2 rings (SSSR count). The summed E-state index contributed by atoms with van der Waals surface area (Å²) in [5.41, 5.74) is 1.01. The Morgan fingerprint density at radius 2 is 2.32 bits per heavy atom. The number of aliphatic hydroxyl groups is 1. The zero-order valence-electron chi connectivity index (χ0n) is 11.6. The molecule has 0 radical (unpaired) electrons. The number of thioether (sulfide) groups is 1. The maximum atomic E-state index is 9.32. The molecule has 1 aliphatic heterocycles. The van der Waals surface area contributed by atoms with Gasteiger partial charge in [-0.1, -0.05) is 19.1 Å². The van der Waals surface area contributed by atoms with Gasteiger partial charge in [0.05, 0.1) is 7.11 Å². The van der Waals surface area contributed by atoms with Gasteiger partial charge in [0.25, 0.3) is 0 Å². The minimum absolute atomic E-state index is 0.0548. The lowest BCUT2D eigenvalue weighted by molar-refractivity contribution is 0.201. The molecule has 1 saturated heterocycles. The standard InChI is InChI=1S/C15H22O3S/c1-11(9-16)13-6-3-7-14(15(13)17-2)18-12-5-4-8-19-10-12/h3,6-7,11-12,16H,4-5,8-10H2,1-2H3. The molecule has 0 amide bonds. The average molecular weight is 282 g/mol. The first-order valence-corrected chi connectivity index (χ1v) is 7.94. The summed E-state index contributed by atoms with van der Waals surface area (Å²) in [4.78, 5) is 0. The van der Waals surface area contributed by atoms with Crippen LogP contribution in [-0.4, -0.2) is 36.4 Å². The highest BCUT2D eigenvalue weighted by Gasteiger charge is 2.20. The van der Waals surface area contributed by atoms with Crippen molar-refractivity contribution in [3.05, 3.63) is 23.8 Å². The number of hydrogen-bond acceptors (Lipinski definition) is 4. The van der Waals surface area contributed by atoms with Crippen LogP contribution >= 0.6 is 11.8 Å². The highest BCUT2D eigenvalue weighted by molar-refractivity contribution is 7.99. The fraction of sp³-hybridized carbons (Fsp3) is 0.600. The van der Waals surface area contributed by atoms with Gasteiger partial charge in [0.15, 0.2) is 11.5 Å². The predicted octanol–water partition coefficient (Wildman–Crippen LogP) is 3.07. The molecule has 106 valence electrons. The number of methoxy groups -OCH3 is 1. The van der Waals surface area contributed by atoms with Gasteiger partial charge in [-0.2, -0.15) is 11.8 Å². The van der Waals surface area contributed by atoms with E-state index in [2.05, 4.69) is 0 Å². The zero-order chi connectivity index (χ0) is 13.7. The summed E-state index contributed by atoms with van der Waals surface area (Å²) in [6.45, 7) is 2.09. The minimum atomic E-state index is 0.0548. The van der Waals surface area contributed by atoms with Gasteiger partial charge < -0.3 is 14.6 Å². The largest absolute Gasteiger partial charge is 0.493 e. The third-order valence-electron chi connectivity index (χ3n) is 3.43. The molecule has 0 spiro atoms. The Labute approximate surface area is 119 Å².